The van der Waals surface area contributed by atoms with Gasteiger partial charge in [-0.1, -0.05) is 23.7 Å². The van der Waals surface area contributed by atoms with E-state index >= 15 is 0 Å². The Morgan fingerprint density at radius 1 is 1.20 bits per heavy atom. The molecule has 2 aliphatic heterocycles. The van der Waals surface area contributed by atoms with Gasteiger partial charge in [0.1, 0.15) is 11.4 Å². The number of nitrogens with zero attached hydrogens (tertiary/aromatic N) is 1. The van der Waals surface area contributed by atoms with Crippen molar-refractivity contribution in [3.63, 3.8) is 0 Å². The van der Waals surface area contributed by atoms with Crippen LogP contribution in [0, 0.1) is 6.92 Å². The summed E-state index contributed by atoms with van der Waals surface area (Å²) in [6.07, 6.45) is 1.50. The number of hydrogen-bond donors (Lipinski definition) is 0. The summed E-state index contributed by atoms with van der Waals surface area (Å²) in [4.78, 5) is 27.1. The van der Waals surface area contributed by atoms with Crippen LogP contribution in [0.15, 0.2) is 36.4 Å². The number of halogens is 1. The molecule has 4 rings (SSSR count). The van der Waals surface area contributed by atoms with Crippen LogP contribution in [-0.4, -0.2) is 49.0 Å². The van der Waals surface area contributed by atoms with Crippen molar-refractivity contribution in [3.8, 4) is 17.2 Å². The molecule has 1 saturated heterocycles. The zero-order valence-corrected chi connectivity index (χ0v) is 17.8. The SMILES string of the molecule is COc1ccccc1OCC(=O)N1CCC2(CC1)CC(=O)c1cc(Cl)c(C)cc1O2. The summed E-state index contributed by atoms with van der Waals surface area (Å²) in [5.41, 5.74) is 0.853. The Bertz CT molecular complexity index is 982. The minimum Gasteiger partial charge on any atom is -0.493 e. The van der Waals surface area contributed by atoms with E-state index in [9.17, 15) is 9.59 Å². The van der Waals surface area contributed by atoms with Crippen molar-refractivity contribution < 1.29 is 23.8 Å². The predicted octanol–water partition coefficient (Wildman–Crippen LogP) is 4.06. The second kappa shape index (κ2) is 8.19. The molecule has 1 spiro atoms. The molecule has 0 N–H and O–H groups in total. The lowest BCUT2D eigenvalue weighted by Crippen LogP contribution is -2.53. The summed E-state index contributed by atoms with van der Waals surface area (Å²) in [6, 6.07) is 10.7. The Labute approximate surface area is 180 Å². The predicted molar refractivity (Wildman–Crippen MR) is 113 cm³/mol. The number of methoxy groups -OCH3 is 1. The van der Waals surface area contributed by atoms with E-state index in [2.05, 4.69) is 0 Å². The number of fused-ring (bicyclic) bond motifs is 1. The molecule has 2 aromatic carbocycles. The Morgan fingerprint density at radius 2 is 1.90 bits per heavy atom. The molecule has 0 aliphatic carbocycles. The number of carbonyl (C=O) groups excluding carboxylic acids is 2. The molecule has 0 aromatic heterocycles. The molecule has 6 nitrogen and oxygen atoms in total. The Hall–Kier alpha value is -2.73. The number of aryl methyl sites for hydroxylation is 1. The summed E-state index contributed by atoms with van der Waals surface area (Å²) in [6.45, 7) is 2.86. The average Bonchev–Trinajstić information content (AvgIpc) is 2.74. The minimum absolute atomic E-state index is 0.0393. The van der Waals surface area contributed by atoms with Crippen molar-refractivity contribution in [3.05, 3.63) is 52.5 Å². The van der Waals surface area contributed by atoms with Gasteiger partial charge in [-0.2, -0.15) is 0 Å². The number of hydrogen-bond acceptors (Lipinski definition) is 5. The summed E-state index contributed by atoms with van der Waals surface area (Å²) in [7, 11) is 1.56. The van der Waals surface area contributed by atoms with Gasteiger partial charge in [0.25, 0.3) is 5.91 Å². The van der Waals surface area contributed by atoms with Crippen LogP contribution in [0.1, 0.15) is 35.2 Å². The van der Waals surface area contributed by atoms with Gasteiger partial charge in [0.2, 0.25) is 0 Å². The maximum absolute atomic E-state index is 12.7. The molecule has 2 aliphatic rings. The monoisotopic (exact) mass is 429 g/mol. The van der Waals surface area contributed by atoms with Gasteiger partial charge in [0.15, 0.2) is 23.9 Å². The molecule has 2 heterocycles. The van der Waals surface area contributed by atoms with Crippen LogP contribution in [0.4, 0.5) is 0 Å². The smallest absolute Gasteiger partial charge is 0.260 e. The number of para-hydroxylation sites is 2. The quantitative estimate of drug-likeness (QED) is 0.733. The molecule has 30 heavy (non-hydrogen) atoms. The lowest BCUT2D eigenvalue weighted by atomic mass is 9.82. The number of ketones is 1. The molecule has 0 unspecified atom stereocenters. The Balaban J connectivity index is 1.38. The molecule has 1 fully saturated rings. The van der Waals surface area contributed by atoms with Crippen LogP contribution < -0.4 is 14.2 Å². The third-order valence-electron chi connectivity index (χ3n) is 5.82. The standard InChI is InChI=1S/C23H24ClNO5/c1-15-11-21-16(12-17(15)24)18(26)13-23(30-21)7-9-25(10-8-23)22(27)14-29-20-6-4-3-5-19(20)28-2/h3-6,11-12H,7-10,13-14H2,1-2H3. The third-order valence-corrected chi connectivity index (χ3v) is 6.23. The number of piperidine rings is 1. The summed E-state index contributed by atoms with van der Waals surface area (Å²) in [5, 5.41) is 0.567. The lowest BCUT2D eigenvalue weighted by molar-refractivity contribution is -0.136. The van der Waals surface area contributed by atoms with E-state index in [1.54, 1.807) is 30.2 Å². The van der Waals surface area contributed by atoms with Crippen LogP contribution in [0.25, 0.3) is 0 Å². The van der Waals surface area contributed by atoms with Crippen LogP contribution >= 0.6 is 11.6 Å². The zero-order chi connectivity index (χ0) is 21.3. The number of benzene rings is 2. The van der Waals surface area contributed by atoms with E-state index in [0.29, 0.717) is 60.2 Å². The van der Waals surface area contributed by atoms with Crippen molar-refractivity contribution in [1.82, 2.24) is 4.90 Å². The van der Waals surface area contributed by atoms with Crippen LogP contribution in [0.2, 0.25) is 5.02 Å². The van der Waals surface area contributed by atoms with E-state index in [1.807, 2.05) is 25.1 Å². The molecule has 1 amide bonds. The highest BCUT2D eigenvalue weighted by atomic mass is 35.5. The van der Waals surface area contributed by atoms with Crippen molar-refractivity contribution >= 4 is 23.3 Å². The minimum atomic E-state index is -0.565. The fourth-order valence-electron chi connectivity index (χ4n) is 4.03. The van der Waals surface area contributed by atoms with Crippen molar-refractivity contribution in [2.45, 2.75) is 31.8 Å². The van der Waals surface area contributed by atoms with Crippen LogP contribution in [0.5, 0.6) is 17.2 Å². The fraction of sp³-hybridized carbons (Fsp3) is 0.391. The maximum atomic E-state index is 12.7. The van der Waals surface area contributed by atoms with Crippen molar-refractivity contribution in [2.24, 2.45) is 0 Å². The van der Waals surface area contributed by atoms with Gasteiger partial charge in [-0.25, -0.2) is 0 Å². The Morgan fingerprint density at radius 3 is 2.60 bits per heavy atom. The van der Waals surface area contributed by atoms with Crippen LogP contribution in [-0.2, 0) is 4.79 Å². The topological polar surface area (TPSA) is 65.1 Å². The van der Waals surface area contributed by atoms with Gasteiger partial charge < -0.3 is 19.1 Å². The van der Waals surface area contributed by atoms with Crippen LogP contribution in [0.3, 0.4) is 0 Å². The largest absolute Gasteiger partial charge is 0.493 e. The highest BCUT2D eigenvalue weighted by molar-refractivity contribution is 6.31. The van der Waals surface area contributed by atoms with E-state index in [0.717, 1.165) is 5.56 Å². The second-order valence-corrected chi connectivity index (χ2v) is 8.21. The van der Waals surface area contributed by atoms with Gasteiger partial charge in [0.05, 0.1) is 19.1 Å². The van der Waals surface area contributed by atoms with E-state index in [-0.39, 0.29) is 18.3 Å². The maximum Gasteiger partial charge on any atom is 0.260 e. The first kappa shape index (κ1) is 20.5. The number of carbonyl (C=O) groups is 2. The van der Waals surface area contributed by atoms with E-state index < -0.39 is 5.60 Å². The first-order valence-electron chi connectivity index (χ1n) is 9.97. The van der Waals surface area contributed by atoms with Gasteiger partial charge >= 0.3 is 0 Å². The molecule has 0 bridgehead atoms. The summed E-state index contributed by atoms with van der Waals surface area (Å²) in [5.74, 6) is 1.66. The molecule has 0 saturated carbocycles. The molecule has 0 radical (unpaired) electrons. The van der Waals surface area contributed by atoms with E-state index in [4.69, 9.17) is 25.8 Å². The third kappa shape index (κ3) is 3.97. The highest BCUT2D eigenvalue weighted by Gasteiger charge is 2.43. The van der Waals surface area contributed by atoms with Gasteiger partial charge in [0, 0.05) is 31.0 Å². The van der Waals surface area contributed by atoms with Gasteiger partial charge in [-0.15, -0.1) is 0 Å². The first-order valence-corrected chi connectivity index (χ1v) is 10.3. The number of Topliss-reactive ketones (excluding diaryl/α,β-unsaturated/α-hetero) is 1. The molecule has 0 atom stereocenters. The number of likely N-dealkylation sites (tertiary alicyclic amines) is 1. The molecule has 158 valence electrons. The molecule has 7 heteroatoms. The summed E-state index contributed by atoms with van der Waals surface area (Å²) >= 11 is 6.16. The highest BCUT2D eigenvalue weighted by Crippen LogP contribution is 2.41. The zero-order valence-electron chi connectivity index (χ0n) is 17.1. The van der Waals surface area contributed by atoms with Gasteiger partial charge in [-0.3, -0.25) is 9.59 Å². The number of ether oxygens (including phenoxy) is 3. The molecular weight excluding hydrogens is 406 g/mol. The van der Waals surface area contributed by atoms with Crippen molar-refractivity contribution in [1.29, 1.82) is 0 Å². The molecular formula is C23H24ClNO5. The normalized spacial score (nSPS) is 17.3. The second-order valence-electron chi connectivity index (χ2n) is 7.80. The fourth-order valence-corrected chi connectivity index (χ4v) is 4.19. The van der Waals surface area contributed by atoms with Gasteiger partial charge in [-0.05, 0) is 36.8 Å². The lowest BCUT2D eigenvalue weighted by Gasteiger charge is -2.44. The summed E-state index contributed by atoms with van der Waals surface area (Å²) < 4.78 is 17.2. The number of amides is 1. The Kier molecular flexibility index (Phi) is 5.60. The molecule has 2 aromatic rings. The first-order chi connectivity index (χ1) is 14.4. The van der Waals surface area contributed by atoms with E-state index in [1.165, 1.54) is 0 Å². The van der Waals surface area contributed by atoms with Crippen molar-refractivity contribution in [2.75, 3.05) is 26.8 Å². The number of rotatable bonds is 4. The average molecular weight is 430 g/mol.